The van der Waals surface area contributed by atoms with Crippen molar-refractivity contribution in [1.29, 1.82) is 0 Å². The summed E-state index contributed by atoms with van der Waals surface area (Å²) in [5.41, 5.74) is 2.67. The Labute approximate surface area is 155 Å². The number of rotatable bonds is 3. The predicted octanol–water partition coefficient (Wildman–Crippen LogP) is 3.42. The minimum Gasteiger partial charge on any atom is -0.465 e. The molecule has 0 spiro atoms. The average Bonchev–Trinajstić information content (AvgIpc) is 3.02. The molecule has 0 saturated carbocycles. The van der Waals surface area contributed by atoms with E-state index in [0.717, 1.165) is 35.0 Å². The number of ether oxygens (including phenoxy) is 1. The molecule has 0 unspecified atom stereocenters. The molecule has 1 aliphatic carbocycles. The highest BCUT2D eigenvalue weighted by molar-refractivity contribution is 7.18. The molecule has 0 aliphatic heterocycles. The molecular weight excluding hydrogens is 348 g/mol. The van der Waals surface area contributed by atoms with E-state index >= 15 is 0 Å². The van der Waals surface area contributed by atoms with Gasteiger partial charge in [0.05, 0.1) is 30.9 Å². The predicted molar refractivity (Wildman–Crippen MR) is 102 cm³/mol. The summed E-state index contributed by atoms with van der Waals surface area (Å²) in [5.74, 6) is 0.307. The first kappa shape index (κ1) is 17.0. The van der Waals surface area contributed by atoms with Gasteiger partial charge in [-0.05, 0) is 48.4 Å². The van der Waals surface area contributed by atoms with Crippen molar-refractivity contribution in [3.05, 3.63) is 62.5 Å². The van der Waals surface area contributed by atoms with Gasteiger partial charge >= 0.3 is 5.97 Å². The summed E-state index contributed by atoms with van der Waals surface area (Å²) in [6.07, 6.45) is 4.77. The first-order valence-corrected chi connectivity index (χ1v) is 9.55. The van der Waals surface area contributed by atoms with Crippen molar-refractivity contribution < 1.29 is 9.53 Å². The van der Waals surface area contributed by atoms with E-state index < -0.39 is 0 Å². The molecule has 4 rings (SSSR count). The van der Waals surface area contributed by atoms with Crippen molar-refractivity contribution >= 4 is 27.5 Å². The molecule has 0 saturated heterocycles. The molecule has 1 aromatic carbocycles. The number of hydrogen-bond donors (Lipinski definition) is 0. The molecule has 6 heteroatoms. The van der Waals surface area contributed by atoms with Gasteiger partial charge in [-0.25, -0.2) is 9.78 Å². The normalized spacial score (nSPS) is 16.5. The van der Waals surface area contributed by atoms with Gasteiger partial charge < -0.3 is 4.74 Å². The first-order valence-electron chi connectivity index (χ1n) is 8.73. The van der Waals surface area contributed by atoms with Crippen LogP contribution in [0.25, 0.3) is 10.2 Å². The zero-order valence-electron chi connectivity index (χ0n) is 14.8. The number of nitrogens with zero attached hydrogens (tertiary/aromatic N) is 2. The monoisotopic (exact) mass is 368 g/mol. The Balaban J connectivity index is 1.68. The quantitative estimate of drug-likeness (QED) is 0.665. The van der Waals surface area contributed by atoms with Crippen LogP contribution in [0.5, 0.6) is 0 Å². The molecule has 0 amide bonds. The summed E-state index contributed by atoms with van der Waals surface area (Å²) in [7, 11) is 1.36. The third kappa shape index (κ3) is 2.94. The molecule has 5 nitrogen and oxygen atoms in total. The van der Waals surface area contributed by atoms with Crippen molar-refractivity contribution in [2.75, 3.05) is 7.11 Å². The Morgan fingerprint density at radius 2 is 2.12 bits per heavy atom. The summed E-state index contributed by atoms with van der Waals surface area (Å²) < 4.78 is 6.36. The molecule has 134 valence electrons. The first-order chi connectivity index (χ1) is 12.6. The van der Waals surface area contributed by atoms with Gasteiger partial charge in [-0.3, -0.25) is 9.36 Å². The maximum absolute atomic E-state index is 13.0. The zero-order chi connectivity index (χ0) is 18.3. The van der Waals surface area contributed by atoms with E-state index in [1.165, 1.54) is 17.6 Å². The van der Waals surface area contributed by atoms with Gasteiger partial charge in [-0.2, -0.15) is 0 Å². The molecule has 2 heterocycles. The van der Waals surface area contributed by atoms with Crippen LogP contribution >= 0.6 is 11.3 Å². The van der Waals surface area contributed by atoms with Gasteiger partial charge in [0.15, 0.2) is 0 Å². The van der Waals surface area contributed by atoms with E-state index in [1.54, 1.807) is 34.4 Å². The van der Waals surface area contributed by atoms with E-state index in [2.05, 4.69) is 11.9 Å². The second-order valence-electron chi connectivity index (χ2n) is 6.90. The fourth-order valence-electron chi connectivity index (χ4n) is 3.54. The molecule has 0 radical (unpaired) electrons. The molecule has 0 bridgehead atoms. The summed E-state index contributed by atoms with van der Waals surface area (Å²) in [4.78, 5) is 31.3. The number of methoxy groups -OCH3 is 1. The SMILES string of the molecule is COC(=O)c1ccc(Cn2cnc3sc4c(c3c2=O)CC[C@H](C)C4)cc1. The van der Waals surface area contributed by atoms with Crippen molar-refractivity contribution in [1.82, 2.24) is 9.55 Å². The fourth-order valence-corrected chi connectivity index (χ4v) is 4.88. The van der Waals surface area contributed by atoms with E-state index in [0.29, 0.717) is 18.0 Å². The standard InChI is InChI=1S/C20H20N2O3S/c1-12-3-8-15-16(9-12)26-18-17(15)19(23)22(11-21-18)10-13-4-6-14(7-5-13)20(24)25-2/h4-7,11-12H,3,8-10H2,1-2H3/t12-/m0/s1. The van der Waals surface area contributed by atoms with Gasteiger partial charge in [0.1, 0.15) is 4.83 Å². The molecule has 3 aromatic rings. The van der Waals surface area contributed by atoms with Gasteiger partial charge in [0, 0.05) is 4.88 Å². The lowest BCUT2D eigenvalue weighted by atomic mass is 9.89. The molecule has 0 fully saturated rings. The molecule has 0 N–H and O–H groups in total. The summed E-state index contributed by atoms with van der Waals surface area (Å²) in [5, 5.41) is 0.797. The topological polar surface area (TPSA) is 61.2 Å². The third-order valence-electron chi connectivity index (χ3n) is 5.01. The number of hydrogen-bond acceptors (Lipinski definition) is 5. The van der Waals surface area contributed by atoms with Crippen LogP contribution in [0.1, 0.15) is 39.7 Å². The van der Waals surface area contributed by atoms with Crippen LogP contribution in [-0.4, -0.2) is 22.6 Å². The number of aryl methyl sites for hydroxylation is 1. The summed E-state index contributed by atoms with van der Waals surface area (Å²) in [6, 6.07) is 7.11. The van der Waals surface area contributed by atoms with Gasteiger partial charge in [0.2, 0.25) is 0 Å². The smallest absolute Gasteiger partial charge is 0.337 e. The second-order valence-corrected chi connectivity index (χ2v) is 7.98. The van der Waals surface area contributed by atoms with Crippen LogP contribution < -0.4 is 5.56 Å². The van der Waals surface area contributed by atoms with Gasteiger partial charge in [-0.1, -0.05) is 19.1 Å². The van der Waals surface area contributed by atoms with Crippen LogP contribution in [0.4, 0.5) is 0 Å². The maximum atomic E-state index is 13.0. The largest absolute Gasteiger partial charge is 0.465 e. The number of aromatic nitrogens is 2. The van der Waals surface area contributed by atoms with Crippen molar-refractivity contribution in [3.63, 3.8) is 0 Å². The van der Waals surface area contributed by atoms with Crippen LogP contribution in [0.2, 0.25) is 0 Å². The Morgan fingerprint density at radius 1 is 1.35 bits per heavy atom. The lowest BCUT2D eigenvalue weighted by Crippen LogP contribution is -2.22. The highest BCUT2D eigenvalue weighted by Gasteiger charge is 2.23. The van der Waals surface area contributed by atoms with Crippen LogP contribution in [0.15, 0.2) is 35.4 Å². The lowest BCUT2D eigenvalue weighted by Gasteiger charge is -2.17. The molecular formula is C20H20N2O3S. The molecule has 1 aliphatic rings. The van der Waals surface area contributed by atoms with Gasteiger partial charge in [-0.15, -0.1) is 11.3 Å². The third-order valence-corrected chi connectivity index (χ3v) is 6.17. The average molecular weight is 368 g/mol. The highest BCUT2D eigenvalue weighted by atomic mass is 32.1. The summed E-state index contributed by atoms with van der Waals surface area (Å²) in [6.45, 7) is 2.70. The number of carbonyl (C=O) groups is 1. The van der Waals surface area contributed by atoms with Crippen molar-refractivity contribution in [2.45, 2.75) is 32.7 Å². The number of fused-ring (bicyclic) bond motifs is 3. The Hall–Kier alpha value is -2.47. The van der Waals surface area contributed by atoms with Crippen LogP contribution in [0, 0.1) is 5.92 Å². The van der Waals surface area contributed by atoms with Crippen LogP contribution in [-0.2, 0) is 24.1 Å². The minimum absolute atomic E-state index is 0.0269. The Morgan fingerprint density at radius 3 is 2.85 bits per heavy atom. The number of carbonyl (C=O) groups excluding carboxylic acids is 1. The number of thiophene rings is 1. The van der Waals surface area contributed by atoms with E-state index in [-0.39, 0.29) is 11.5 Å². The maximum Gasteiger partial charge on any atom is 0.337 e. The minimum atomic E-state index is -0.365. The molecule has 26 heavy (non-hydrogen) atoms. The Kier molecular flexibility index (Phi) is 4.36. The number of benzene rings is 1. The van der Waals surface area contributed by atoms with Crippen molar-refractivity contribution in [2.24, 2.45) is 5.92 Å². The number of esters is 1. The van der Waals surface area contributed by atoms with Crippen molar-refractivity contribution in [3.8, 4) is 0 Å². The summed E-state index contributed by atoms with van der Waals surface area (Å²) >= 11 is 1.66. The Bertz CT molecular complexity index is 1030. The van der Waals surface area contributed by atoms with E-state index in [1.807, 2.05) is 12.1 Å². The van der Waals surface area contributed by atoms with Gasteiger partial charge in [0.25, 0.3) is 5.56 Å². The second kappa shape index (κ2) is 6.68. The molecule has 2 aromatic heterocycles. The highest BCUT2D eigenvalue weighted by Crippen LogP contribution is 2.35. The van der Waals surface area contributed by atoms with E-state index in [4.69, 9.17) is 4.74 Å². The zero-order valence-corrected chi connectivity index (χ0v) is 15.6. The van der Waals surface area contributed by atoms with Crippen LogP contribution in [0.3, 0.4) is 0 Å². The lowest BCUT2D eigenvalue weighted by molar-refractivity contribution is 0.0600. The fraction of sp³-hybridized carbons (Fsp3) is 0.350. The van der Waals surface area contributed by atoms with E-state index in [9.17, 15) is 9.59 Å². The molecule has 1 atom stereocenters.